The van der Waals surface area contributed by atoms with Gasteiger partial charge in [-0.2, -0.15) is 12.1 Å². The first-order valence-corrected chi connectivity index (χ1v) is 11.2. The van der Waals surface area contributed by atoms with E-state index in [1.54, 1.807) is 0 Å². The Bertz CT molecular complexity index is 774. The van der Waals surface area contributed by atoms with Crippen LogP contribution in [0.25, 0.3) is 0 Å². The second kappa shape index (κ2) is 14.1. The van der Waals surface area contributed by atoms with Gasteiger partial charge in [-0.05, 0) is 23.5 Å². The van der Waals surface area contributed by atoms with E-state index < -0.39 is 7.92 Å². The average molecular weight is 442 g/mol. The number of hydrogen-bond donors (Lipinski definition) is 0. The Kier molecular flexibility index (Phi) is 11.3. The Morgan fingerprint density at radius 3 is 1.38 bits per heavy atom. The Hall–Kier alpha value is -1.95. The summed E-state index contributed by atoms with van der Waals surface area (Å²) in [7, 11) is -0.409. The van der Waals surface area contributed by atoms with Crippen molar-refractivity contribution in [3.05, 3.63) is 115 Å². The van der Waals surface area contributed by atoms with Gasteiger partial charge in [0.2, 0.25) is 0 Å². The third-order valence-corrected chi connectivity index (χ3v) is 6.76. The van der Waals surface area contributed by atoms with Crippen LogP contribution in [0, 0.1) is 0 Å². The van der Waals surface area contributed by atoms with Gasteiger partial charge in [-0.1, -0.05) is 68.6 Å². The minimum atomic E-state index is -0.409. The Balaban J connectivity index is 0.000000223. The normalized spacial score (nSPS) is 12.2. The standard InChI is InChI=1S/C17H14P.C5H5.C4H8O.Fe/c1-3-9-15(10-4-1)18(17-13-7-8-14-17)16-11-5-2-6-12-16;2*1-2-4-5-3-1;/h1-14H;1-5H;1-4H2;/q-1;-5;;. The SMILES string of the molecule is C1CCOC1.[Fe].[cH-]1[cH-][cH-][cH-][cH-]1.c1ccc(P(c2ccccc2)[c-]2cccc2)cc1. The van der Waals surface area contributed by atoms with Gasteiger partial charge in [-0.15, -0.1) is 5.30 Å². The maximum atomic E-state index is 4.94. The van der Waals surface area contributed by atoms with Crippen LogP contribution in [-0.4, -0.2) is 13.2 Å². The van der Waals surface area contributed by atoms with Gasteiger partial charge in [0.15, 0.2) is 0 Å². The van der Waals surface area contributed by atoms with Gasteiger partial charge < -0.3 is 35.1 Å². The molecule has 1 heterocycles. The molecule has 0 radical (unpaired) electrons. The van der Waals surface area contributed by atoms with Crippen LogP contribution in [-0.2, 0) is 21.8 Å². The van der Waals surface area contributed by atoms with Crippen molar-refractivity contribution in [3.63, 3.8) is 0 Å². The molecule has 0 aromatic heterocycles. The summed E-state index contributed by atoms with van der Waals surface area (Å²) >= 11 is 0. The molecule has 4 aromatic rings. The predicted molar refractivity (Wildman–Crippen MR) is 123 cm³/mol. The van der Waals surface area contributed by atoms with Crippen molar-refractivity contribution in [3.8, 4) is 0 Å². The molecule has 1 fully saturated rings. The molecule has 0 bridgehead atoms. The van der Waals surface area contributed by atoms with E-state index in [1.165, 1.54) is 28.8 Å². The molecular weight excluding hydrogens is 415 g/mol. The van der Waals surface area contributed by atoms with E-state index in [1.807, 2.05) is 30.3 Å². The van der Waals surface area contributed by atoms with Gasteiger partial charge in [0.25, 0.3) is 0 Å². The van der Waals surface area contributed by atoms with E-state index in [0.717, 1.165) is 13.2 Å². The summed E-state index contributed by atoms with van der Waals surface area (Å²) in [6.45, 7) is 2.00. The molecule has 0 spiro atoms. The monoisotopic (exact) mass is 442 g/mol. The maximum absolute atomic E-state index is 4.94. The molecule has 156 valence electrons. The molecule has 1 aliphatic heterocycles. The van der Waals surface area contributed by atoms with Crippen molar-refractivity contribution in [2.75, 3.05) is 13.2 Å². The fraction of sp³-hybridized carbons (Fsp3) is 0.154. The largest absolute Gasteiger partial charge is 0.748 e. The van der Waals surface area contributed by atoms with Crippen molar-refractivity contribution >= 4 is 23.8 Å². The Labute approximate surface area is 186 Å². The Morgan fingerprint density at radius 2 is 1.03 bits per heavy atom. The van der Waals surface area contributed by atoms with Gasteiger partial charge >= 0.3 is 0 Å². The zero-order valence-corrected chi connectivity index (χ0v) is 18.5. The average Bonchev–Trinajstić information content (AvgIpc) is 3.57. The molecule has 0 amide bonds. The van der Waals surface area contributed by atoms with E-state index in [2.05, 4.69) is 84.9 Å². The fourth-order valence-corrected chi connectivity index (χ4v) is 5.25. The van der Waals surface area contributed by atoms with E-state index in [9.17, 15) is 0 Å². The smallest absolute Gasteiger partial charge is 0.0466 e. The third kappa shape index (κ3) is 8.13. The van der Waals surface area contributed by atoms with Crippen LogP contribution in [0.4, 0.5) is 0 Å². The minimum absolute atomic E-state index is 0. The molecule has 0 atom stereocenters. The molecule has 1 nitrogen and oxygen atoms in total. The second-order valence-corrected chi connectivity index (χ2v) is 8.65. The first kappa shape index (κ1) is 23.3. The van der Waals surface area contributed by atoms with Crippen LogP contribution in [0.1, 0.15) is 12.8 Å². The third-order valence-electron chi connectivity index (χ3n) is 4.31. The van der Waals surface area contributed by atoms with Crippen LogP contribution < -0.4 is 15.9 Å². The molecule has 3 heteroatoms. The molecule has 29 heavy (non-hydrogen) atoms. The first-order valence-electron chi connectivity index (χ1n) is 9.81. The van der Waals surface area contributed by atoms with Gasteiger partial charge in [0.05, 0.1) is 0 Å². The van der Waals surface area contributed by atoms with Crippen LogP contribution in [0.15, 0.2) is 115 Å². The van der Waals surface area contributed by atoms with Crippen molar-refractivity contribution in [2.24, 2.45) is 0 Å². The van der Waals surface area contributed by atoms with Crippen molar-refractivity contribution in [1.29, 1.82) is 0 Å². The summed E-state index contributed by atoms with van der Waals surface area (Å²) in [4.78, 5) is 0. The summed E-state index contributed by atoms with van der Waals surface area (Å²) in [6, 6.07) is 40.2. The van der Waals surface area contributed by atoms with Gasteiger partial charge in [-0.3, -0.25) is 0 Å². The molecule has 0 N–H and O–H groups in total. The predicted octanol–water partition coefficient (Wildman–Crippen LogP) is 5.36. The summed E-state index contributed by atoms with van der Waals surface area (Å²) in [5.41, 5.74) is 0. The molecule has 5 rings (SSSR count). The topological polar surface area (TPSA) is 9.23 Å². The molecule has 1 saturated heterocycles. The van der Waals surface area contributed by atoms with E-state index in [-0.39, 0.29) is 17.1 Å². The summed E-state index contributed by atoms with van der Waals surface area (Å²) < 4.78 is 4.94. The van der Waals surface area contributed by atoms with Crippen molar-refractivity contribution in [2.45, 2.75) is 12.8 Å². The molecule has 0 saturated carbocycles. The maximum Gasteiger partial charge on any atom is 0.0466 e. The Morgan fingerprint density at radius 1 is 0.621 bits per heavy atom. The van der Waals surface area contributed by atoms with Crippen molar-refractivity contribution in [1.82, 2.24) is 0 Å². The van der Waals surface area contributed by atoms with E-state index >= 15 is 0 Å². The quantitative estimate of drug-likeness (QED) is 0.236. The van der Waals surface area contributed by atoms with Gasteiger partial charge in [0, 0.05) is 30.3 Å². The summed E-state index contributed by atoms with van der Waals surface area (Å²) in [6.07, 6.45) is 2.56. The summed E-state index contributed by atoms with van der Waals surface area (Å²) in [5, 5.41) is 4.23. The minimum Gasteiger partial charge on any atom is -0.748 e. The van der Waals surface area contributed by atoms with Crippen molar-refractivity contribution < 1.29 is 21.8 Å². The van der Waals surface area contributed by atoms with Crippen LogP contribution in [0.3, 0.4) is 0 Å². The first-order chi connectivity index (χ1) is 13.9. The zero-order chi connectivity index (χ0) is 19.3. The molecule has 0 unspecified atom stereocenters. The number of hydrogen-bond acceptors (Lipinski definition) is 1. The molecule has 0 aliphatic carbocycles. The van der Waals surface area contributed by atoms with E-state index in [4.69, 9.17) is 4.74 Å². The molecule has 1 aliphatic rings. The number of benzene rings is 2. The van der Waals surface area contributed by atoms with Crippen LogP contribution in [0.2, 0.25) is 0 Å². The molecule has 4 aromatic carbocycles. The fourth-order valence-electron chi connectivity index (χ4n) is 2.95. The second-order valence-electron chi connectivity index (χ2n) is 6.43. The molecular formula is C26H27FeOP-6. The summed E-state index contributed by atoms with van der Waals surface area (Å²) in [5.74, 6) is 0. The number of rotatable bonds is 3. The zero-order valence-electron chi connectivity index (χ0n) is 16.5. The van der Waals surface area contributed by atoms with Gasteiger partial charge in [0.1, 0.15) is 0 Å². The number of ether oxygens (including phenoxy) is 1. The van der Waals surface area contributed by atoms with E-state index in [0.29, 0.717) is 0 Å². The van der Waals surface area contributed by atoms with Gasteiger partial charge in [-0.25, -0.2) is 12.1 Å². The van der Waals surface area contributed by atoms with Crippen LogP contribution >= 0.6 is 7.92 Å². The van der Waals surface area contributed by atoms with Crippen LogP contribution in [0.5, 0.6) is 0 Å².